The number of alkyl halides is 2. The fourth-order valence-corrected chi connectivity index (χ4v) is 6.36. The molecular formula is C34H35Cl2F2N3O9S. The van der Waals surface area contributed by atoms with Crippen LogP contribution in [0, 0.1) is 11.1 Å². The maximum Gasteiger partial charge on any atom is 0.387 e. The zero-order chi connectivity index (χ0) is 37.0. The zero-order valence-electron chi connectivity index (χ0n) is 27.7. The molecule has 12 nitrogen and oxygen atoms in total. The summed E-state index contributed by atoms with van der Waals surface area (Å²) >= 11 is 12.7. The Morgan fingerprint density at radius 3 is 2.37 bits per heavy atom. The van der Waals surface area contributed by atoms with E-state index in [1.165, 1.54) is 24.3 Å². The summed E-state index contributed by atoms with van der Waals surface area (Å²) in [5, 5.41) is 12.5. The Morgan fingerprint density at radius 2 is 1.75 bits per heavy atom. The molecule has 17 heteroatoms. The smallest absolute Gasteiger partial charge is 0.387 e. The van der Waals surface area contributed by atoms with E-state index in [2.05, 4.69) is 4.74 Å². The van der Waals surface area contributed by atoms with Gasteiger partial charge in [0.1, 0.15) is 34.8 Å². The lowest BCUT2D eigenvalue weighted by Gasteiger charge is -2.23. The molecule has 0 spiro atoms. The van der Waals surface area contributed by atoms with Crippen LogP contribution in [0.2, 0.25) is 10.0 Å². The standard InChI is InChI=1S/C34H35Cl2F2N3O9S/c1-34(2,3)50-32(43)18-41(51(45)46)23-7-8-27-21(12-23)10-11-39(27)17-31(42)48-29(14-24-25(35)15-40(44)16-26(24)36)22-6-9-28(49-33(37)38)30(13-22)47-19-20-4-5-20/h6-13,15-16,20,29,33,51H,4-5,14,17-19H2,1-3H3/t29-/m0/s1. The number of ether oxygens (including phenoxy) is 4. The van der Waals surface area contributed by atoms with Gasteiger partial charge < -0.3 is 28.7 Å². The van der Waals surface area contributed by atoms with Crippen molar-refractivity contribution < 1.29 is 50.5 Å². The van der Waals surface area contributed by atoms with Crippen molar-refractivity contribution in [2.45, 2.75) is 64.9 Å². The maximum atomic E-state index is 13.5. The average molecular weight is 771 g/mol. The number of carbonyl (C=O) groups excluding carboxylic acids is 2. The molecule has 274 valence electrons. The molecule has 5 rings (SSSR count). The van der Waals surface area contributed by atoms with Crippen molar-refractivity contribution in [2.75, 3.05) is 17.5 Å². The summed E-state index contributed by atoms with van der Waals surface area (Å²) in [4.78, 5) is 25.9. The highest BCUT2D eigenvalue weighted by atomic mass is 35.5. The first kappa shape index (κ1) is 37.9. The molecule has 2 aromatic carbocycles. The molecule has 1 atom stereocenters. The Morgan fingerprint density at radius 1 is 1.04 bits per heavy atom. The van der Waals surface area contributed by atoms with Gasteiger partial charge in [-0.25, -0.2) is 8.42 Å². The van der Waals surface area contributed by atoms with Crippen LogP contribution in [-0.4, -0.2) is 50.3 Å². The predicted molar refractivity (Wildman–Crippen MR) is 185 cm³/mol. The third kappa shape index (κ3) is 10.4. The van der Waals surface area contributed by atoms with Crippen LogP contribution in [-0.2, 0) is 42.9 Å². The van der Waals surface area contributed by atoms with Gasteiger partial charge in [-0.15, -0.1) is 0 Å². The Balaban J connectivity index is 1.40. The zero-order valence-corrected chi connectivity index (χ0v) is 30.1. The van der Waals surface area contributed by atoms with Crippen molar-refractivity contribution in [3.05, 3.63) is 87.4 Å². The number of pyridine rings is 1. The summed E-state index contributed by atoms with van der Waals surface area (Å²) in [6, 6.07) is 10.5. The number of carbonyl (C=O) groups is 2. The van der Waals surface area contributed by atoms with E-state index in [1.807, 2.05) is 0 Å². The molecular weight excluding hydrogens is 735 g/mol. The molecule has 0 amide bonds. The second kappa shape index (κ2) is 15.9. The Kier molecular flexibility index (Phi) is 11.8. The fourth-order valence-electron chi connectivity index (χ4n) is 5.22. The summed E-state index contributed by atoms with van der Waals surface area (Å²) in [6.45, 7) is 1.40. The number of esters is 2. The molecule has 0 radical (unpaired) electrons. The van der Waals surface area contributed by atoms with Gasteiger partial charge in [0.15, 0.2) is 23.9 Å². The molecule has 1 fully saturated rings. The van der Waals surface area contributed by atoms with Gasteiger partial charge in [-0.05, 0) is 81.5 Å². The van der Waals surface area contributed by atoms with Crippen LogP contribution >= 0.6 is 23.2 Å². The van der Waals surface area contributed by atoms with Crippen LogP contribution in [0.3, 0.4) is 0 Å². The molecule has 4 aromatic rings. The molecule has 2 aromatic heterocycles. The molecule has 0 bridgehead atoms. The minimum atomic E-state index is -3.19. The van der Waals surface area contributed by atoms with Gasteiger partial charge in [0.2, 0.25) is 10.9 Å². The Hall–Kier alpha value is -4.34. The van der Waals surface area contributed by atoms with Gasteiger partial charge in [0.05, 0.1) is 12.3 Å². The summed E-state index contributed by atoms with van der Waals surface area (Å²) in [6.07, 6.45) is 4.56. The van der Waals surface area contributed by atoms with Gasteiger partial charge in [0, 0.05) is 29.1 Å². The number of halogens is 4. The number of aromatic nitrogens is 2. The van der Waals surface area contributed by atoms with Gasteiger partial charge in [0.25, 0.3) is 0 Å². The second-order valence-electron chi connectivity index (χ2n) is 12.9. The fraction of sp³-hybridized carbons (Fsp3) is 0.382. The number of hydrogen-bond acceptors (Lipinski definition) is 9. The summed E-state index contributed by atoms with van der Waals surface area (Å²) in [5.74, 6) is -1.28. The van der Waals surface area contributed by atoms with Crippen LogP contribution in [0.25, 0.3) is 10.9 Å². The topological polar surface area (TPSA) is 140 Å². The van der Waals surface area contributed by atoms with Crippen molar-refractivity contribution in [3.8, 4) is 11.5 Å². The Bertz CT molecular complexity index is 1970. The lowest BCUT2D eigenvalue weighted by atomic mass is 10.0. The van der Waals surface area contributed by atoms with Crippen LogP contribution < -0.4 is 18.5 Å². The number of benzene rings is 2. The van der Waals surface area contributed by atoms with Crippen molar-refractivity contribution in [1.29, 1.82) is 0 Å². The quantitative estimate of drug-likeness (QED) is 0.0651. The van der Waals surface area contributed by atoms with Crippen molar-refractivity contribution in [2.24, 2.45) is 5.92 Å². The second-order valence-corrected chi connectivity index (χ2v) is 14.7. The number of anilines is 1. The monoisotopic (exact) mass is 769 g/mol. The first-order valence-electron chi connectivity index (χ1n) is 15.8. The molecule has 1 aliphatic rings. The van der Waals surface area contributed by atoms with Gasteiger partial charge in [-0.3, -0.25) is 13.9 Å². The van der Waals surface area contributed by atoms with Crippen LogP contribution in [0.4, 0.5) is 14.5 Å². The highest BCUT2D eigenvalue weighted by molar-refractivity contribution is 7.74. The SMILES string of the molecule is CC(C)(C)OC(=O)CN(c1ccc2c(ccn2CC(=O)O[C@@H](Cc2c(Cl)c[n+]([O-])cc2Cl)c2ccc(OC(F)F)c(OCC3CC3)c2)c1)[SH](=O)=O. The van der Waals surface area contributed by atoms with Crippen LogP contribution in [0.5, 0.6) is 11.5 Å². The molecule has 1 aliphatic carbocycles. The number of hydrogen-bond donors (Lipinski definition) is 1. The highest BCUT2D eigenvalue weighted by Gasteiger charge is 2.27. The molecule has 51 heavy (non-hydrogen) atoms. The third-order valence-electron chi connectivity index (χ3n) is 7.70. The largest absolute Gasteiger partial charge is 0.619 e. The van der Waals surface area contributed by atoms with Gasteiger partial charge in [-0.2, -0.15) is 13.5 Å². The molecule has 0 N–H and O–H groups in total. The van der Waals surface area contributed by atoms with E-state index in [4.69, 9.17) is 37.4 Å². The maximum absolute atomic E-state index is 13.5. The van der Waals surface area contributed by atoms with E-state index in [1.54, 1.807) is 49.7 Å². The lowest BCUT2D eigenvalue weighted by Crippen LogP contribution is -2.34. The summed E-state index contributed by atoms with van der Waals surface area (Å²) in [5.41, 5.74) is 0.649. The highest BCUT2D eigenvalue weighted by Crippen LogP contribution is 2.38. The average Bonchev–Trinajstić information content (AvgIpc) is 3.78. The van der Waals surface area contributed by atoms with E-state index in [9.17, 15) is 32.0 Å². The molecule has 2 heterocycles. The van der Waals surface area contributed by atoms with Crippen molar-refractivity contribution in [3.63, 3.8) is 0 Å². The normalized spacial score (nSPS) is 13.7. The summed E-state index contributed by atoms with van der Waals surface area (Å²) in [7, 11) is -3.19. The number of thiol groups is 1. The molecule has 0 unspecified atom stereocenters. The third-order valence-corrected chi connectivity index (χ3v) is 9.11. The Labute approximate surface area is 304 Å². The molecule has 0 aliphatic heterocycles. The number of nitrogens with zero attached hydrogens (tertiary/aromatic N) is 3. The first-order valence-corrected chi connectivity index (χ1v) is 17.6. The van der Waals surface area contributed by atoms with E-state index >= 15 is 0 Å². The van der Waals surface area contributed by atoms with Gasteiger partial charge in [-0.1, -0.05) is 29.3 Å². The first-order chi connectivity index (χ1) is 24.1. The minimum Gasteiger partial charge on any atom is -0.619 e. The number of rotatable bonds is 15. The van der Waals surface area contributed by atoms with E-state index in [0.717, 1.165) is 29.5 Å². The number of fused-ring (bicyclic) bond motifs is 1. The van der Waals surface area contributed by atoms with Crippen molar-refractivity contribution >= 4 is 62.6 Å². The van der Waals surface area contributed by atoms with Gasteiger partial charge >= 0.3 is 18.6 Å². The molecule has 1 saturated carbocycles. The summed E-state index contributed by atoms with van der Waals surface area (Å²) < 4.78 is 75.1. The van der Waals surface area contributed by atoms with E-state index in [-0.39, 0.29) is 40.2 Å². The van der Waals surface area contributed by atoms with E-state index < -0.39 is 47.7 Å². The van der Waals surface area contributed by atoms with Crippen LogP contribution in [0.1, 0.15) is 50.8 Å². The lowest BCUT2D eigenvalue weighted by molar-refractivity contribution is -0.605. The van der Waals surface area contributed by atoms with Crippen molar-refractivity contribution in [1.82, 2.24) is 4.57 Å². The van der Waals surface area contributed by atoms with E-state index in [0.29, 0.717) is 39.3 Å². The molecule has 0 saturated heterocycles. The predicted octanol–water partition coefficient (Wildman–Crippen LogP) is 6.17. The van der Waals surface area contributed by atoms with Crippen LogP contribution in [0.15, 0.2) is 61.1 Å². The minimum absolute atomic E-state index is 0.0224.